The van der Waals surface area contributed by atoms with Gasteiger partial charge in [-0.1, -0.05) is 29.2 Å². The summed E-state index contributed by atoms with van der Waals surface area (Å²) < 4.78 is 1.61. The summed E-state index contributed by atoms with van der Waals surface area (Å²) in [6.07, 6.45) is 1.43. The summed E-state index contributed by atoms with van der Waals surface area (Å²) in [7, 11) is 0. The summed E-state index contributed by atoms with van der Waals surface area (Å²) in [6, 6.07) is 0. The first kappa shape index (κ1) is 7.68. The Balaban J connectivity index is 3.85. The zero-order chi connectivity index (χ0) is 6.57. The van der Waals surface area contributed by atoms with Crippen molar-refractivity contribution in [1.82, 2.24) is 0 Å². The SMILES string of the molecule is C=C(/C=C\I)C(=O)O. The van der Waals surface area contributed by atoms with Crippen molar-refractivity contribution in [3.05, 3.63) is 22.3 Å². The van der Waals surface area contributed by atoms with E-state index in [-0.39, 0.29) is 5.57 Å². The summed E-state index contributed by atoms with van der Waals surface area (Å²) in [4.78, 5) is 9.94. The number of hydrogen-bond acceptors (Lipinski definition) is 1. The first-order chi connectivity index (χ1) is 3.68. The fourth-order valence-electron chi connectivity index (χ4n) is 0.147. The Morgan fingerprint density at radius 1 is 1.75 bits per heavy atom. The van der Waals surface area contributed by atoms with Crippen LogP contribution in [-0.4, -0.2) is 11.1 Å². The number of rotatable bonds is 2. The Hall–Kier alpha value is -0.320. The van der Waals surface area contributed by atoms with E-state index < -0.39 is 5.97 Å². The van der Waals surface area contributed by atoms with Gasteiger partial charge in [-0.15, -0.1) is 0 Å². The first-order valence-corrected chi connectivity index (χ1v) is 3.12. The van der Waals surface area contributed by atoms with Crippen molar-refractivity contribution in [2.24, 2.45) is 0 Å². The van der Waals surface area contributed by atoms with E-state index in [1.165, 1.54) is 6.08 Å². The van der Waals surface area contributed by atoms with Crippen LogP contribution in [-0.2, 0) is 4.79 Å². The van der Waals surface area contributed by atoms with Crippen molar-refractivity contribution in [3.8, 4) is 0 Å². The lowest BCUT2D eigenvalue weighted by atomic mass is 10.3. The minimum absolute atomic E-state index is 0.111. The number of hydrogen-bond donors (Lipinski definition) is 1. The minimum atomic E-state index is -0.974. The van der Waals surface area contributed by atoms with Crippen LogP contribution in [0, 0.1) is 0 Å². The number of carbonyl (C=O) groups is 1. The molecule has 0 fully saturated rings. The normalized spacial score (nSPS) is 9.62. The van der Waals surface area contributed by atoms with Crippen molar-refractivity contribution < 1.29 is 9.90 Å². The summed E-state index contributed by atoms with van der Waals surface area (Å²) >= 11 is 1.93. The minimum Gasteiger partial charge on any atom is -0.478 e. The van der Waals surface area contributed by atoms with Crippen LogP contribution in [0.25, 0.3) is 0 Å². The molecule has 44 valence electrons. The van der Waals surface area contributed by atoms with Gasteiger partial charge in [0, 0.05) is 0 Å². The molecule has 0 aliphatic rings. The smallest absolute Gasteiger partial charge is 0.335 e. The van der Waals surface area contributed by atoms with Gasteiger partial charge < -0.3 is 5.11 Å². The molecule has 3 heteroatoms. The van der Waals surface area contributed by atoms with E-state index in [1.807, 2.05) is 22.6 Å². The molecule has 0 saturated carbocycles. The summed E-state index contributed by atoms with van der Waals surface area (Å²) in [5, 5.41) is 8.16. The number of carboxylic acids is 1. The maximum Gasteiger partial charge on any atom is 0.335 e. The molecule has 0 amide bonds. The van der Waals surface area contributed by atoms with E-state index >= 15 is 0 Å². The Labute approximate surface area is 61.0 Å². The van der Waals surface area contributed by atoms with E-state index in [0.717, 1.165) is 0 Å². The third kappa shape index (κ3) is 2.79. The van der Waals surface area contributed by atoms with Crippen molar-refractivity contribution in [3.63, 3.8) is 0 Å². The highest BCUT2D eigenvalue weighted by atomic mass is 127. The molecule has 0 unspecified atom stereocenters. The van der Waals surface area contributed by atoms with Crippen LogP contribution in [0.3, 0.4) is 0 Å². The highest BCUT2D eigenvalue weighted by Gasteiger charge is 1.95. The number of carboxylic acid groups (broad SMARTS) is 1. The molecule has 0 aromatic rings. The average molecular weight is 224 g/mol. The molecule has 1 N–H and O–H groups in total. The van der Waals surface area contributed by atoms with Gasteiger partial charge in [-0.3, -0.25) is 0 Å². The average Bonchev–Trinajstić information content (AvgIpc) is 1.67. The molecule has 0 bridgehead atoms. The van der Waals surface area contributed by atoms with Crippen molar-refractivity contribution >= 4 is 28.6 Å². The van der Waals surface area contributed by atoms with Gasteiger partial charge in [0.05, 0.1) is 5.57 Å². The molecule has 8 heavy (non-hydrogen) atoms. The lowest BCUT2D eigenvalue weighted by molar-refractivity contribution is -0.132. The topological polar surface area (TPSA) is 37.3 Å². The molecular formula is C5H5IO2. The first-order valence-electron chi connectivity index (χ1n) is 1.87. The molecule has 0 heterocycles. The highest BCUT2D eigenvalue weighted by molar-refractivity contribution is 14.1. The third-order valence-corrected chi connectivity index (χ3v) is 0.898. The summed E-state index contributed by atoms with van der Waals surface area (Å²) in [5.74, 6) is -0.974. The standard InChI is InChI=1S/C5H5IO2/c1-4(2-3-6)5(7)8/h2-3H,1H2,(H,7,8)/b3-2-. The van der Waals surface area contributed by atoms with Crippen LogP contribution in [0.4, 0.5) is 0 Å². The van der Waals surface area contributed by atoms with Crippen LogP contribution >= 0.6 is 22.6 Å². The predicted octanol–water partition coefficient (Wildman–Crippen LogP) is 1.58. The molecule has 0 aliphatic heterocycles. The van der Waals surface area contributed by atoms with Crippen molar-refractivity contribution in [1.29, 1.82) is 0 Å². The van der Waals surface area contributed by atoms with Gasteiger partial charge in [0.25, 0.3) is 0 Å². The molecule has 2 nitrogen and oxygen atoms in total. The van der Waals surface area contributed by atoms with Crippen LogP contribution < -0.4 is 0 Å². The van der Waals surface area contributed by atoms with Gasteiger partial charge in [0.1, 0.15) is 0 Å². The van der Waals surface area contributed by atoms with Gasteiger partial charge in [0.2, 0.25) is 0 Å². The zero-order valence-electron chi connectivity index (χ0n) is 4.10. The number of aliphatic carboxylic acids is 1. The monoisotopic (exact) mass is 224 g/mol. The Morgan fingerprint density at radius 3 is 2.38 bits per heavy atom. The second kappa shape index (κ2) is 3.65. The highest BCUT2D eigenvalue weighted by Crippen LogP contribution is 1.94. The summed E-state index contributed by atoms with van der Waals surface area (Å²) in [5.41, 5.74) is 0.111. The Bertz CT molecular complexity index is 137. The van der Waals surface area contributed by atoms with Gasteiger partial charge in [-0.05, 0) is 10.2 Å². The van der Waals surface area contributed by atoms with E-state index in [4.69, 9.17) is 5.11 Å². The molecule has 0 aliphatic carbocycles. The molecule has 0 aromatic carbocycles. The van der Waals surface area contributed by atoms with E-state index in [1.54, 1.807) is 4.08 Å². The van der Waals surface area contributed by atoms with Crippen molar-refractivity contribution in [2.45, 2.75) is 0 Å². The molecule has 0 atom stereocenters. The number of halogens is 1. The predicted molar refractivity (Wildman–Crippen MR) is 39.9 cm³/mol. The molecule has 0 saturated heterocycles. The van der Waals surface area contributed by atoms with Crippen LogP contribution in [0.1, 0.15) is 0 Å². The van der Waals surface area contributed by atoms with Crippen LogP contribution in [0.5, 0.6) is 0 Å². The fourth-order valence-corrected chi connectivity index (χ4v) is 0.581. The molecular weight excluding hydrogens is 219 g/mol. The molecule has 0 spiro atoms. The van der Waals surface area contributed by atoms with Gasteiger partial charge in [-0.2, -0.15) is 0 Å². The lowest BCUT2D eigenvalue weighted by Gasteiger charge is -1.84. The maximum absolute atomic E-state index is 9.94. The molecule has 0 rings (SSSR count). The Morgan fingerprint density at radius 2 is 2.25 bits per heavy atom. The maximum atomic E-state index is 9.94. The van der Waals surface area contributed by atoms with Gasteiger partial charge in [0.15, 0.2) is 0 Å². The van der Waals surface area contributed by atoms with Crippen LogP contribution in [0.2, 0.25) is 0 Å². The van der Waals surface area contributed by atoms with E-state index in [9.17, 15) is 4.79 Å². The van der Waals surface area contributed by atoms with E-state index in [2.05, 4.69) is 6.58 Å². The Kier molecular flexibility index (Phi) is 3.51. The lowest BCUT2D eigenvalue weighted by Crippen LogP contribution is -1.94. The van der Waals surface area contributed by atoms with E-state index in [0.29, 0.717) is 0 Å². The fraction of sp³-hybridized carbons (Fsp3) is 0. The zero-order valence-corrected chi connectivity index (χ0v) is 6.25. The third-order valence-electron chi connectivity index (χ3n) is 0.539. The summed E-state index contributed by atoms with van der Waals surface area (Å²) in [6.45, 7) is 3.25. The van der Waals surface area contributed by atoms with Gasteiger partial charge in [-0.25, -0.2) is 4.79 Å². The van der Waals surface area contributed by atoms with Gasteiger partial charge >= 0.3 is 5.97 Å². The van der Waals surface area contributed by atoms with Crippen LogP contribution in [0.15, 0.2) is 22.3 Å². The largest absolute Gasteiger partial charge is 0.478 e. The molecule has 0 aromatic heterocycles. The second-order valence-electron chi connectivity index (χ2n) is 1.12. The second-order valence-corrected chi connectivity index (χ2v) is 1.84. The molecule has 0 radical (unpaired) electrons. The quantitative estimate of drug-likeness (QED) is 0.439. The van der Waals surface area contributed by atoms with Crippen molar-refractivity contribution in [2.75, 3.05) is 0 Å².